The Hall–Kier alpha value is -2.39. The Morgan fingerprint density at radius 1 is 1.22 bits per heavy atom. The third kappa shape index (κ3) is 2.47. The molecule has 0 spiro atoms. The van der Waals surface area contributed by atoms with Gasteiger partial charge in [-0.3, -0.25) is 0 Å². The molecular formula is C12H8F2N2O2. The fourth-order valence-corrected chi connectivity index (χ4v) is 1.32. The Morgan fingerprint density at radius 3 is 2.61 bits per heavy atom. The van der Waals surface area contributed by atoms with Crippen molar-refractivity contribution in [1.82, 2.24) is 4.98 Å². The highest BCUT2D eigenvalue weighted by molar-refractivity contribution is 5.39. The van der Waals surface area contributed by atoms with Crippen molar-refractivity contribution in [3.05, 3.63) is 53.4 Å². The number of nitrogens with zero attached hydrogens (tertiary/aromatic N) is 1. The number of H-pyrrole nitrogens is 1. The molecule has 0 atom stereocenters. The van der Waals surface area contributed by atoms with E-state index in [1.165, 1.54) is 0 Å². The largest absolute Gasteiger partial charge is 0.331 e. The summed E-state index contributed by atoms with van der Waals surface area (Å²) in [5.74, 6) is -3.12. The van der Waals surface area contributed by atoms with Crippen LogP contribution in [0.4, 0.5) is 8.78 Å². The molecule has 0 saturated carbocycles. The average Bonchev–Trinajstić information content (AvgIpc) is 2.67. The Morgan fingerprint density at radius 2 is 1.94 bits per heavy atom. The van der Waals surface area contributed by atoms with E-state index in [4.69, 9.17) is 10.1 Å². The predicted molar refractivity (Wildman–Crippen MR) is 57.3 cm³/mol. The second-order valence-corrected chi connectivity index (χ2v) is 3.40. The molecule has 2 aromatic rings. The lowest BCUT2D eigenvalue weighted by Crippen LogP contribution is -1.99. The first-order valence-electron chi connectivity index (χ1n) is 5.03. The van der Waals surface area contributed by atoms with E-state index in [2.05, 4.69) is 4.89 Å². The molecule has 0 amide bonds. The van der Waals surface area contributed by atoms with Crippen molar-refractivity contribution in [2.45, 2.75) is 6.61 Å². The maximum atomic E-state index is 13.2. The molecule has 1 aromatic carbocycles. The maximum Gasteiger partial charge on any atom is 0.239 e. The Balaban J connectivity index is 2.01. The van der Waals surface area contributed by atoms with E-state index in [1.54, 1.807) is 30.3 Å². The third-order valence-electron chi connectivity index (χ3n) is 2.18. The summed E-state index contributed by atoms with van der Waals surface area (Å²) in [6.07, 6.45) is 0. The van der Waals surface area contributed by atoms with Crippen molar-refractivity contribution >= 4 is 0 Å². The first-order valence-corrected chi connectivity index (χ1v) is 5.03. The molecule has 4 nitrogen and oxygen atoms in total. The van der Waals surface area contributed by atoms with Crippen molar-refractivity contribution in [2.75, 3.05) is 0 Å². The molecule has 1 aromatic heterocycles. The monoisotopic (exact) mass is 250 g/mol. The molecule has 0 aliphatic carbocycles. The number of aromatic nitrogens is 1. The van der Waals surface area contributed by atoms with Crippen LogP contribution in [-0.4, -0.2) is 4.98 Å². The molecule has 2 rings (SSSR count). The topological polar surface area (TPSA) is 58.0 Å². The maximum absolute atomic E-state index is 13.2. The highest BCUT2D eigenvalue weighted by Gasteiger charge is 2.20. The standard InChI is InChI=1S/C12H8F2N2O2/c13-10-11(9(6-15)16-12(10)14)18-17-7-8-4-2-1-3-5-8/h1-5,16H,7H2. The summed E-state index contributed by atoms with van der Waals surface area (Å²) in [5, 5.41) is 8.62. The van der Waals surface area contributed by atoms with Crippen molar-refractivity contribution in [2.24, 2.45) is 0 Å². The molecule has 6 heteroatoms. The van der Waals surface area contributed by atoms with Gasteiger partial charge in [-0.1, -0.05) is 30.3 Å². The van der Waals surface area contributed by atoms with Crippen LogP contribution in [0.5, 0.6) is 5.75 Å². The van der Waals surface area contributed by atoms with Gasteiger partial charge in [-0.2, -0.15) is 18.9 Å². The molecule has 1 heterocycles. The summed E-state index contributed by atoms with van der Waals surface area (Å²) in [7, 11) is 0. The minimum absolute atomic E-state index is 0.0535. The van der Waals surface area contributed by atoms with E-state index in [0.717, 1.165) is 5.56 Å². The number of nitrogens with one attached hydrogen (secondary N) is 1. The van der Waals surface area contributed by atoms with E-state index in [-0.39, 0.29) is 12.3 Å². The van der Waals surface area contributed by atoms with Crippen LogP contribution >= 0.6 is 0 Å². The van der Waals surface area contributed by atoms with Crippen LogP contribution in [0, 0.1) is 23.1 Å². The third-order valence-corrected chi connectivity index (χ3v) is 2.18. The molecule has 0 fully saturated rings. The number of aromatic amines is 1. The summed E-state index contributed by atoms with van der Waals surface area (Å²) in [5.41, 5.74) is 0.436. The molecule has 1 N–H and O–H groups in total. The van der Waals surface area contributed by atoms with Gasteiger partial charge in [0.15, 0.2) is 5.69 Å². The molecule has 0 aliphatic rings. The number of halogens is 2. The summed E-state index contributed by atoms with van der Waals surface area (Å²) in [6, 6.07) is 10.6. The normalized spacial score (nSPS) is 10.1. The van der Waals surface area contributed by atoms with Crippen LogP contribution in [0.3, 0.4) is 0 Å². The van der Waals surface area contributed by atoms with Gasteiger partial charge >= 0.3 is 0 Å². The second-order valence-electron chi connectivity index (χ2n) is 3.40. The van der Waals surface area contributed by atoms with E-state index in [0.29, 0.717) is 0 Å². The first kappa shape index (κ1) is 12.1. The summed E-state index contributed by atoms with van der Waals surface area (Å²) >= 11 is 0. The lowest BCUT2D eigenvalue weighted by Gasteiger charge is -2.03. The van der Waals surface area contributed by atoms with Gasteiger partial charge in [0.1, 0.15) is 12.7 Å². The van der Waals surface area contributed by atoms with Gasteiger partial charge in [0, 0.05) is 0 Å². The summed E-state index contributed by atoms with van der Waals surface area (Å²) < 4.78 is 26.0. The van der Waals surface area contributed by atoms with Gasteiger partial charge in [0.05, 0.1) is 0 Å². The lowest BCUT2D eigenvalue weighted by molar-refractivity contribution is -0.219. The van der Waals surface area contributed by atoms with Crippen molar-refractivity contribution in [1.29, 1.82) is 5.26 Å². The number of nitriles is 1. The van der Waals surface area contributed by atoms with Gasteiger partial charge in [-0.05, 0) is 5.56 Å². The molecule has 0 radical (unpaired) electrons. The number of hydrogen-bond donors (Lipinski definition) is 1. The Bertz CT molecular complexity index is 576. The summed E-state index contributed by atoms with van der Waals surface area (Å²) in [4.78, 5) is 11.3. The molecule has 0 saturated heterocycles. The minimum atomic E-state index is -1.28. The van der Waals surface area contributed by atoms with Crippen molar-refractivity contribution < 1.29 is 18.6 Å². The van der Waals surface area contributed by atoms with E-state index in [1.807, 2.05) is 11.1 Å². The zero-order chi connectivity index (χ0) is 13.0. The van der Waals surface area contributed by atoms with Gasteiger partial charge < -0.3 is 9.87 Å². The fraction of sp³-hybridized carbons (Fsp3) is 0.0833. The predicted octanol–water partition coefficient (Wildman–Crippen LogP) is 2.68. The van der Waals surface area contributed by atoms with Crippen LogP contribution in [-0.2, 0) is 11.5 Å². The van der Waals surface area contributed by atoms with E-state index >= 15 is 0 Å². The van der Waals surface area contributed by atoms with Gasteiger partial charge in [0.25, 0.3) is 0 Å². The Kier molecular flexibility index (Phi) is 3.55. The molecule has 0 unspecified atom stereocenters. The molecule has 0 aliphatic heterocycles. The quantitative estimate of drug-likeness (QED) is 0.670. The zero-order valence-electron chi connectivity index (χ0n) is 9.11. The van der Waals surface area contributed by atoms with E-state index in [9.17, 15) is 8.78 Å². The van der Waals surface area contributed by atoms with Crippen LogP contribution in [0.1, 0.15) is 11.3 Å². The van der Waals surface area contributed by atoms with E-state index < -0.39 is 17.5 Å². The molecule has 92 valence electrons. The zero-order valence-corrected chi connectivity index (χ0v) is 9.11. The van der Waals surface area contributed by atoms with Crippen LogP contribution in [0.2, 0.25) is 0 Å². The van der Waals surface area contributed by atoms with Crippen LogP contribution < -0.4 is 4.89 Å². The Labute approximate surface area is 101 Å². The van der Waals surface area contributed by atoms with Crippen LogP contribution in [0.15, 0.2) is 30.3 Å². The second kappa shape index (κ2) is 5.29. The summed E-state index contributed by atoms with van der Waals surface area (Å²) in [6.45, 7) is 0.0535. The molecule has 18 heavy (non-hydrogen) atoms. The molecular weight excluding hydrogens is 242 g/mol. The van der Waals surface area contributed by atoms with Gasteiger partial charge in [0.2, 0.25) is 17.5 Å². The van der Waals surface area contributed by atoms with Crippen LogP contribution in [0.25, 0.3) is 0 Å². The number of hydrogen-bond acceptors (Lipinski definition) is 3. The van der Waals surface area contributed by atoms with Gasteiger partial charge in [-0.15, -0.1) is 0 Å². The molecule has 0 bridgehead atoms. The number of rotatable bonds is 4. The SMILES string of the molecule is N#Cc1[nH]c(F)c(F)c1OOCc1ccccc1. The highest BCUT2D eigenvalue weighted by atomic mass is 19.2. The van der Waals surface area contributed by atoms with Crippen molar-refractivity contribution in [3.63, 3.8) is 0 Å². The first-order chi connectivity index (χ1) is 8.72. The van der Waals surface area contributed by atoms with Gasteiger partial charge in [-0.25, -0.2) is 0 Å². The number of benzene rings is 1. The van der Waals surface area contributed by atoms with Crippen molar-refractivity contribution in [3.8, 4) is 11.8 Å². The smallest absolute Gasteiger partial charge is 0.239 e. The highest BCUT2D eigenvalue weighted by Crippen LogP contribution is 2.24. The minimum Gasteiger partial charge on any atom is -0.331 e. The lowest BCUT2D eigenvalue weighted by atomic mass is 10.2. The average molecular weight is 250 g/mol. The fourth-order valence-electron chi connectivity index (χ4n) is 1.32.